The number of nitrogen functional groups attached to an aromatic ring is 1. The highest BCUT2D eigenvalue weighted by atomic mass is 32.1. The van der Waals surface area contributed by atoms with Gasteiger partial charge in [0, 0.05) is 25.0 Å². The predicted molar refractivity (Wildman–Crippen MR) is 113 cm³/mol. The number of pyridine rings is 1. The summed E-state index contributed by atoms with van der Waals surface area (Å²) in [7, 11) is 0. The molecule has 1 aromatic carbocycles. The van der Waals surface area contributed by atoms with Gasteiger partial charge in [0.05, 0.1) is 15.8 Å². The van der Waals surface area contributed by atoms with Gasteiger partial charge in [0.25, 0.3) is 11.8 Å². The van der Waals surface area contributed by atoms with E-state index in [0.717, 1.165) is 15.8 Å². The second-order valence-electron chi connectivity index (χ2n) is 6.94. The van der Waals surface area contributed by atoms with Crippen LogP contribution in [0.1, 0.15) is 40.3 Å². The molecule has 0 aliphatic carbocycles. The van der Waals surface area contributed by atoms with Crippen LogP contribution in [0.25, 0.3) is 15.9 Å². The van der Waals surface area contributed by atoms with E-state index >= 15 is 0 Å². The third-order valence-electron chi connectivity index (χ3n) is 4.30. The Balaban J connectivity index is 1.54. The predicted octanol–water partition coefficient (Wildman–Crippen LogP) is 2.59. The van der Waals surface area contributed by atoms with E-state index in [4.69, 9.17) is 5.73 Å². The monoisotopic (exact) mass is 408 g/mol. The molecule has 3 aromatic heterocycles. The topological polar surface area (TPSA) is 114 Å². The van der Waals surface area contributed by atoms with Crippen LogP contribution in [0.2, 0.25) is 0 Å². The van der Waals surface area contributed by atoms with E-state index in [2.05, 4.69) is 20.6 Å². The minimum absolute atomic E-state index is 0.00122. The molecule has 0 saturated carbocycles. The lowest BCUT2D eigenvalue weighted by molar-refractivity contribution is 0.0933. The molecule has 3 heterocycles. The smallest absolute Gasteiger partial charge is 0.271 e. The van der Waals surface area contributed by atoms with Crippen LogP contribution in [0.5, 0.6) is 0 Å². The second-order valence-corrected chi connectivity index (χ2v) is 8.01. The number of nitrogens with one attached hydrogen (secondary N) is 2. The standard InChI is InChI=1S/C20H20N6O2S/c1-11(2)23-19(28)15-10-26-7-3-4-13(17(26)24-15)18(27)22-9-12-5-6-14-16(8-12)29-20(21)25-14/h3-8,10-11H,9H2,1-2H3,(H2,21,25)(H,22,27)(H,23,28). The molecular weight excluding hydrogens is 388 g/mol. The van der Waals surface area contributed by atoms with Gasteiger partial charge in [-0.2, -0.15) is 0 Å². The molecule has 0 saturated heterocycles. The number of hydrogen-bond donors (Lipinski definition) is 3. The van der Waals surface area contributed by atoms with Crippen molar-refractivity contribution >= 4 is 44.1 Å². The fourth-order valence-electron chi connectivity index (χ4n) is 3.01. The van der Waals surface area contributed by atoms with Crippen LogP contribution >= 0.6 is 11.3 Å². The summed E-state index contributed by atoms with van der Waals surface area (Å²) in [5.74, 6) is -0.534. The van der Waals surface area contributed by atoms with Crippen molar-refractivity contribution in [3.8, 4) is 0 Å². The minimum atomic E-state index is -0.271. The molecular formula is C20H20N6O2S. The Labute approximate surface area is 170 Å². The Bertz CT molecular complexity index is 1230. The Morgan fingerprint density at radius 3 is 2.83 bits per heavy atom. The molecule has 0 bridgehead atoms. The lowest BCUT2D eigenvalue weighted by Gasteiger charge is -2.06. The van der Waals surface area contributed by atoms with Crippen molar-refractivity contribution in [1.29, 1.82) is 0 Å². The lowest BCUT2D eigenvalue weighted by Crippen LogP contribution is -2.30. The number of thiazole rings is 1. The number of amides is 2. The van der Waals surface area contributed by atoms with Gasteiger partial charge in [-0.05, 0) is 43.7 Å². The maximum Gasteiger partial charge on any atom is 0.271 e. The van der Waals surface area contributed by atoms with E-state index in [9.17, 15) is 9.59 Å². The van der Waals surface area contributed by atoms with Gasteiger partial charge in [0.2, 0.25) is 0 Å². The number of nitrogens with two attached hydrogens (primary N) is 1. The van der Waals surface area contributed by atoms with E-state index in [1.165, 1.54) is 11.3 Å². The normalized spacial score (nSPS) is 11.3. The number of rotatable bonds is 5. The lowest BCUT2D eigenvalue weighted by atomic mass is 10.2. The molecule has 4 rings (SSSR count). The van der Waals surface area contributed by atoms with Crippen LogP contribution in [0.3, 0.4) is 0 Å². The number of fused-ring (bicyclic) bond motifs is 2. The highest BCUT2D eigenvalue weighted by Gasteiger charge is 2.17. The zero-order chi connectivity index (χ0) is 20.5. The molecule has 148 valence electrons. The van der Waals surface area contributed by atoms with Gasteiger partial charge in [-0.3, -0.25) is 9.59 Å². The quantitative estimate of drug-likeness (QED) is 0.470. The Kier molecular flexibility index (Phi) is 4.89. The fourth-order valence-corrected chi connectivity index (χ4v) is 3.81. The molecule has 0 aliphatic rings. The number of imidazole rings is 1. The van der Waals surface area contributed by atoms with Gasteiger partial charge in [-0.1, -0.05) is 17.4 Å². The van der Waals surface area contributed by atoms with E-state index < -0.39 is 0 Å². The van der Waals surface area contributed by atoms with Crippen molar-refractivity contribution in [3.63, 3.8) is 0 Å². The average Bonchev–Trinajstić information content (AvgIpc) is 3.27. The molecule has 2 amide bonds. The highest BCUT2D eigenvalue weighted by Crippen LogP contribution is 2.24. The second kappa shape index (κ2) is 7.51. The van der Waals surface area contributed by atoms with Crippen molar-refractivity contribution in [2.75, 3.05) is 5.73 Å². The first kappa shape index (κ1) is 18.9. The van der Waals surface area contributed by atoms with Gasteiger partial charge < -0.3 is 20.8 Å². The SMILES string of the molecule is CC(C)NC(=O)c1cn2cccc(C(=O)NCc3ccc4nc(N)sc4c3)c2n1. The fraction of sp³-hybridized carbons (Fsp3) is 0.200. The highest BCUT2D eigenvalue weighted by molar-refractivity contribution is 7.22. The first-order valence-electron chi connectivity index (χ1n) is 9.12. The van der Waals surface area contributed by atoms with Gasteiger partial charge in [-0.25, -0.2) is 9.97 Å². The van der Waals surface area contributed by atoms with Gasteiger partial charge in [-0.15, -0.1) is 0 Å². The summed E-state index contributed by atoms with van der Waals surface area (Å²) in [6, 6.07) is 9.20. The number of benzene rings is 1. The maximum atomic E-state index is 12.8. The molecule has 0 radical (unpaired) electrons. The number of aromatic nitrogens is 3. The molecule has 0 spiro atoms. The molecule has 0 unspecified atom stereocenters. The van der Waals surface area contributed by atoms with Crippen LogP contribution in [0.15, 0.2) is 42.7 Å². The molecule has 4 aromatic rings. The van der Waals surface area contributed by atoms with Crippen molar-refractivity contribution in [2.24, 2.45) is 0 Å². The Morgan fingerprint density at radius 2 is 2.03 bits per heavy atom. The summed E-state index contributed by atoms with van der Waals surface area (Å²) in [6.07, 6.45) is 3.37. The van der Waals surface area contributed by atoms with Crippen LogP contribution < -0.4 is 16.4 Å². The Hall–Kier alpha value is -3.46. The third-order valence-corrected chi connectivity index (χ3v) is 5.15. The van der Waals surface area contributed by atoms with Gasteiger partial charge >= 0.3 is 0 Å². The number of anilines is 1. The Morgan fingerprint density at radius 1 is 1.21 bits per heavy atom. The average molecular weight is 408 g/mol. The summed E-state index contributed by atoms with van der Waals surface area (Å²) in [5, 5.41) is 6.23. The van der Waals surface area contributed by atoms with E-state index in [-0.39, 0.29) is 23.6 Å². The van der Waals surface area contributed by atoms with E-state index in [1.54, 1.807) is 28.9 Å². The van der Waals surface area contributed by atoms with Crippen LogP contribution in [-0.4, -0.2) is 32.2 Å². The first-order valence-corrected chi connectivity index (χ1v) is 9.94. The molecule has 0 atom stereocenters. The van der Waals surface area contributed by atoms with Crippen molar-refractivity contribution in [3.05, 3.63) is 59.5 Å². The van der Waals surface area contributed by atoms with Crippen LogP contribution in [0, 0.1) is 0 Å². The largest absolute Gasteiger partial charge is 0.375 e. The number of carbonyl (C=O) groups is 2. The number of carbonyl (C=O) groups excluding carboxylic acids is 2. The number of nitrogens with zero attached hydrogens (tertiary/aromatic N) is 3. The molecule has 0 aliphatic heterocycles. The van der Waals surface area contributed by atoms with Gasteiger partial charge in [0.1, 0.15) is 5.69 Å². The van der Waals surface area contributed by atoms with Crippen LogP contribution in [-0.2, 0) is 6.54 Å². The van der Waals surface area contributed by atoms with E-state index in [1.807, 2.05) is 32.0 Å². The summed E-state index contributed by atoms with van der Waals surface area (Å²) < 4.78 is 2.65. The van der Waals surface area contributed by atoms with Crippen molar-refractivity contribution < 1.29 is 9.59 Å². The summed E-state index contributed by atoms with van der Waals surface area (Å²) >= 11 is 1.41. The maximum absolute atomic E-state index is 12.8. The van der Waals surface area contributed by atoms with Gasteiger partial charge in [0.15, 0.2) is 10.8 Å². The molecule has 29 heavy (non-hydrogen) atoms. The zero-order valence-corrected chi connectivity index (χ0v) is 16.8. The molecule has 9 heteroatoms. The zero-order valence-electron chi connectivity index (χ0n) is 16.0. The first-order chi connectivity index (χ1) is 13.9. The molecule has 4 N–H and O–H groups in total. The molecule has 0 fully saturated rings. The van der Waals surface area contributed by atoms with Crippen molar-refractivity contribution in [1.82, 2.24) is 25.0 Å². The minimum Gasteiger partial charge on any atom is -0.375 e. The summed E-state index contributed by atoms with van der Waals surface area (Å²) in [4.78, 5) is 33.6. The number of hydrogen-bond acceptors (Lipinski definition) is 6. The summed E-state index contributed by atoms with van der Waals surface area (Å²) in [5.41, 5.74) is 8.64. The third kappa shape index (κ3) is 3.90. The molecule has 8 nitrogen and oxygen atoms in total. The van der Waals surface area contributed by atoms with Crippen molar-refractivity contribution in [2.45, 2.75) is 26.4 Å². The summed E-state index contributed by atoms with van der Waals surface area (Å²) in [6.45, 7) is 4.12. The van der Waals surface area contributed by atoms with E-state index in [0.29, 0.717) is 22.9 Å². The van der Waals surface area contributed by atoms with Crippen LogP contribution in [0.4, 0.5) is 5.13 Å².